The maximum absolute atomic E-state index is 17.2. The van der Waals surface area contributed by atoms with Gasteiger partial charge < -0.3 is 24.6 Å². The standard InChI is InChI=1S/C40H43F4N5O4/c1-5-25-28(41)11-10-23-17-24(50)18-26(30(23)25)33-32(42)34-31(36(45-33)52-4)35(49-16-7-12-38(3,51)20-49)47-37(46-34)53-21-39-13-6-9-29(39)48(15-8-14-39)19-27-22(2)40(27,43)44/h1,10-11,17-18,22,27,29,50-51H,6-9,12-16,19-21H2,2-4H3/t22-,27-,29?,38+,39+/m0/s1. The van der Waals surface area contributed by atoms with Crippen LogP contribution >= 0.6 is 0 Å². The zero-order chi connectivity index (χ0) is 37.4. The van der Waals surface area contributed by atoms with Crippen LogP contribution < -0.4 is 14.4 Å². The molecule has 1 unspecified atom stereocenters. The lowest BCUT2D eigenvalue weighted by atomic mass is 9.75. The fraction of sp³-hybridized carbons (Fsp3) is 0.525. The number of piperidine rings is 2. The van der Waals surface area contributed by atoms with E-state index in [1.54, 1.807) is 13.8 Å². The third-order valence-electron chi connectivity index (χ3n) is 12.3. The van der Waals surface area contributed by atoms with E-state index in [2.05, 4.69) is 20.8 Å². The van der Waals surface area contributed by atoms with Gasteiger partial charge in [0.2, 0.25) is 5.88 Å². The molecule has 4 aromatic rings. The number of rotatable bonds is 8. The molecule has 2 aromatic heterocycles. The lowest BCUT2D eigenvalue weighted by Crippen LogP contribution is -2.52. The Morgan fingerprint density at radius 2 is 1.79 bits per heavy atom. The van der Waals surface area contributed by atoms with Crippen LogP contribution in [0.2, 0.25) is 0 Å². The molecule has 9 nitrogen and oxygen atoms in total. The zero-order valence-electron chi connectivity index (χ0n) is 30.1. The third-order valence-corrected chi connectivity index (χ3v) is 12.3. The van der Waals surface area contributed by atoms with E-state index < -0.39 is 35.0 Å². The van der Waals surface area contributed by atoms with Gasteiger partial charge in [0.1, 0.15) is 34.0 Å². The summed E-state index contributed by atoms with van der Waals surface area (Å²) >= 11 is 0. The van der Waals surface area contributed by atoms with E-state index in [1.165, 1.54) is 31.4 Å². The Balaban J connectivity index is 1.24. The number of aliphatic hydroxyl groups is 1. The van der Waals surface area contributed by atoms with E-state index >= 15 is 8.78 Å². The van der Waals surface area contributed by atoms with Crippen molar-refractivity contribution in [2.24, 2.45) is 17.3 Å². The van der Waals surface area contributed by atoms with Crippen LogP contribution in [0.3, 0.4) is 0 Å². The highest BCUT2D eigenvalue weighted by Crippen LogP contribution is 2.57. The van der Waals surface area contributed by atoms with Crippen molar-refractivity contribution < 1.29 is 37.2 Å². The summed E-state index contributed by atoms with van der Waals surface area (Å²) in [5.41, 5.74) is -1.89. The lowest BCUT2D eigenvalue weighted by Gasteiger charge is -2.46. The Morgan fingerprint density at radius 3 is 2.51 bits per heavy atom. The molecule has 2 saturated heterocycles. The van der Waals surface area contributed by atoms with Crippen LogP contribution in [0, 0.1) is 41.2 Å². The van der Waals surface area contributed by atoms with E-state index in [4.69, 9.17) is 20.9 Å². The number of nitrogens with zero attached hydrogens (tertiary/aromatic N) is 5. The van der Waals surface area contributed by atoms with Crippen molar-refractivity contribution >= 4 is 27.5 Å². The SMILES string of the molecule is C#Cc1c(F)ccc2cc(O)cc(-c3nc(OC)c4c(N5CCC[C@@](C)(O)C5)nc(OC[C@]56CCCC5N(C[C@H]5[C@H](C)C5(F)F)CCC6)nc4c3F)c12. The molecule has 2 saturated carbocycles. The summed E-state index contributed by atoms with van der Waals surface area (Å²) in [6.45, 7) is 5.36. The van der Waals surface area contributed by atoms with Crippen molar-refractivity contribution in [2.45, 2.75) is 76.4 Å². The Morgan fingerprint density at radius 1 is 1.04 bits per heavy atom. The zero-order valence-corrected chi connectivity index (χ0v) is 30.1. The van der Waals surface area contributed by atoms with Gasteiger partial charge in [-0.05, 0) is 75.6 Å². The van der Waals surface area contributed by atoms with Gasteiger partial charge in [0.25, 0.3) is 5.92 Å². The van der Waals surface area contributed by atoms with Crippen molar-refractivity contribution in [2.75, 3.05) is 44.8 Å². The van der Waals surface area contributed by atoms with Crippen molar-refractivity contribution in [1.82, 2.24) is 19.9 Å². The van der Waals surface area contributed by atoms with Crippen LogP contribution in [0.15, 0.2) is 24.3 Å². The Kier molecular flexibility index (Phi) is 8.65. The monoisotopic (exact) mass is 733 g/mol. The number of terminal acetylenes is 1. The van der Waals surface area contributed by atoms with Crippen molar-refractivity contribution in [3.8, 4) is 41.2 Å². The molecule has 53 heavy (non-hydrogen) atoms. The fourth-order valence-corrected chi connectivity index (χ4v) is 9.41. The largest absolute Gasteiger partial charge is 0.508 e. The van der Waals surface area contributed by atoms with Gasteiger partial charge in [-0.25, -0.2) is 22.5 Å². The summed E-state index contributed by atoms with van der Waals surface area (Å²) in [6, 6.07) is 5.28. The number of phenols is 1. The Hall–Kier alpha value is -4.41. The molecular formula is C40H43F4N5O4. The number of ether oxygens (including phenoxy) is 2. The van der Waals surface area contributed by atoms with E-state index in [0.717, 1.165) is 38.6 Å². The molecule has 0 amide bonds. The number of anilines is 1. The number of aromatic nitrogens is 3. The van der Waals surface area contributed by atoms with Gasteiger partial charge in [0, 0.05) is 53.9 Å². The number of fused-ring (bicyclic) bond motifs is 3. The summed E-state index contributed by atoms with van der Waals surface area (Å²) < 4.78 is 73.1. The maximum atomic E-state index is 17.2. The molecule has 2 N–H and O–H groups in total. The second kappa shape index (κ2) is 12.9. The van der Waals surface area contributed by atoms with Gasteiger partial charge in [0.05, 0.1) is 24.9 Å². The number of halogens is 4. The van der Waals surface area contributed by atoms with E-state index in [-0.39, 0.29) is 81.2 Å². The Labute approximate surface area is 305 Å². The highest BCUT2D eigenvalue weighted by molar-refractivity contribution is 6.04. The number of hydrogen-bond donors (Lipinski definition) is 2. The summed E-state index contributed by atoms with van der Waals surface area (Å²) in [6.07, 6.45) is 11.3. The quantitative estimate of drug-likeness (QED) is 0.145. The molecule has 0 bridgehead atoms. The van der Waals surface area contributed by atoms with Crippen molar-refractivity contribution in [3.63, 3.8) is 0 Å². The van der Waals surface area contributed by atoms with Gasteiger partial charge in [-0.3, -0.25) is 4.90 Å². The smallest absolute Gasteiger partial charge is 0.319 e. The van der Waals surface area contributed by atoms with Crippen LogP contribution in [0.4, 0.5) is 23.4 Å². The number of benzene rings is 2. The molecule has 4 heterocycles. The minimum Gasteiger partial charge on any atom is -0.508 e. The minimum atomic E-state index is -2.64. The number of hydrogen-bond acceptors (Lipinski definition) is 9. The summed E-state index contributed by atoms with van der Waals surface area (Å²) in [7, 11) is 1.38. The Bertz CT molecular complexity index is 2160. The molecular weight excluding hydrogens is 690 g/mol. The number of alkyl halides is 2. The van der Waals surface area contributed by atoms with Crippen molar-refractivity contribution in [1.29, 1.82) is 0 Å². The topological polar surface area (TPSA) is 104 Å². The first-order chi connectivity index (χ1) is 25.3. The number of β-amino-alcohol motifs (C(OH)–C–C–N with tert-alkyl or cyclic N) is 1. The number of aromatic hydroxyl groups is 1. The van der Waals surface area contributed by atoms with Gasteiger partial charge in [0.15, 0.2) is 5.82 Å². The molecule has 13 heteroatoms. The van der Waals surface area contributed by atoms with E-state index in [1.807, 2.05) is 4.90 Å². The van der Waals surface area contributed by atoms with Crippen LogP contribution in [-0.4, -0.2) is 87.5 Å². The van der Waals surface area contributed by atoms with Gasteiger partial charge in [-0.2, -0.15) is 9.97 Å². The first kappa shape index (κ1) is 35.6. The predicted molar refractivity (Wildman–Crippen MR) is 192 cm³/mol. The molecule has 8 rings (SSSR count). The van der Waals surface area contributed by atoms with Gasteiger partial charge in [-0.1, -0.05) is 25.3 Å². The number of phenolic OH excluding ortho intramolecular Hbond substituents is 1. The minimum absolute atomic E-state index is 0.0261. The van der Waals surface area contributed by atoms with Crippen LogP contribution in [0.25, 0.3) is 32.9 Å². The first-order valence-corrected chi connectivity index (χ1v) is 18.4. The second-order valence-electron chi connectivity index (χ2n) is 15.7. The second-order valence-corrected chi connectivity index (χ2v) is 15.7. The summed E-state index contributed by atoms with van der Waals surface area (Å²) in [5, 5.41) is 22.5. The lowest BCUT2D eigenvalue weighted by molar-refractivity contribution is -0.0102. The maximum Gasteiger partial charge on any atom is 0.319 e. The molecule has 280 valence electrons. The molecule has 0 spiro atoms. The molecule has 0 radical (unpaired) electrons. The van der Waals surface area contributed by atoms with Crippen molar-refractivity contribution in [3.05, 3.63) is 41.5 Å². The highest BCUT2D eigenvalue weighted by Gasteiger charge is 2.66. The molecule has 4 aliphatic rings. The van der Waals surface area contributed by atoms with E-state index in [0.29, 0.717) is 31.3 Å². The number of pyridine rings is 1. The highest BCUT2D eigenvalue weighted by atomic mass is 19.3. The number of methoxy groups -OCH3 is 1. The normalized spacial score (nSPS) is 28.2. The van der Waals surface area contributed by atoms with E-state index in [9.17, 15) is 19.0 Å². The van der Waals surface area contributed by atoms with Gasteiger partial charge >= 0.3 is 6.01 Å². The molecule has 2 aromatic carbocycles. The molecule has 2 aliphatic carbocycles. The first-order valence-electron chi connectivity index (χ1n) is 18.4. The predicted octanol–water partition coefficient (Wildman–Crippen LogP) is 7.08. The van der Waals surface area contributed by atoms with Crippen LogP contribution in [-0.2, 0) is 0 Å². The summed E-state index contributed by atoms with van der Waals surface area (Å²) in [4.78, 5) is 18.0. The van der Waals surface area contributed by atoms with Gasteiger partial charge in [-0.15, -0.1) is 6.42 Å². The van der Waals surface area contributed by atoms with Crippen LogP contribution in [0.1, 0.15) is 64.4 Å². The number of likely N-dealkylation sites (tertiary alicyclic amines) is 1. The van der Waals surface area contributed by atoms with Crippen LogP contribution in [0.5, 0.6) is 17.6 Å². The third kappa shape index (κ3) is 5.98. The summed E-state index contributed by atoms with van der Waals surface area (Å²) in [5.74, 6) is -3.10. The average molecular weight is 734 g/mol. The molecule has 5 atom stereocenters. The molecule has 2 aliphatic heterocycles. The average Bonchev–Trinajstić information content (AvgIpc) is 3.39. The molecule has 4 fully saturated rings. The fourth-order valence-electron chi connectivity index (χ4n) is 9.41.